The monoisotopic (exact) mass is 474 g/mol. The third-order valence-corrected chi connectivity index (χ3v) is 13.3. The quantitative estimate of drug-likeness (QED) is 0.399. The molecule has 0 heterocycles. The summed E-state index contributed by atoms with van der Waals surface area (Å²) in [5, 5.41) is 44.6. The second-order valence-electron chi connectivity index (χ2n) is 15.2. The molecule has 4 N–H and O–H groups in total. The fourth-order valence-electron chi connectivity index (χ4n) is 10.8. The highest BCUT2D eigenvalue weighted by molar-refractivity contribution is 5.36. The highest BCUT2D eigenvalue weighted by atomic mass is 16.3. The van der Waals surface area contributed by atoms with E-state index in [1.54, 1.807) is 0 Å². The smallest absolute Gasteiger partial charge is 0.0642 e. The number of allylic oxidation sites excluding steroid dienone is 1. The number of rotatable bonds is 1. The molecular formula is C30H50O4. The molecule has 5 aliphatic carbocycles. The van der Waals surface area contributed by atoms with Crippen molar-refractivity contribution in [2.75, 3.05) is 6.61 Å². The molecule has 5 aliphatic rings. The molecule has 11 unspecified atom stereocenters. The van der Waals surface area contributed by atoms with Crippen molar-refractivity contribution in [2.45, 2.75) is 118 Å². The van der Waals surface area contributed by atoms with Crippen molar-refractivity contribution in [1.82, 2.24) is 0 Å². The minimum atomic E-state index is -0.470. The molecule has 0 aliphatic heterocycles. The van der Waals surface area contributed by atoms with Gasteiger partial charge in [0.15, 0.2) is 0 Å². The topological polar surface area (TPSA) is 80.9 Å². The van der Waals surface area contributed by atoms with Crippen molar-refractivity contribution in [1.29, 1.82) is 0 Å². The van der Waals surface area contributed by atoms with Crippen LogP contribution in [0.2, 0.25) is 0 Å². The van der Waals surface area contributed by atoms with Gasteiger partial charge in [0.05, 0.1) is 24.9 Å². The molecule has 0 aromatic carbocycles. The molecule has 0 spiro atoms. The van der Waals surface area contributed by atoms with Crippen LogP contribution in [0.1, 0.15) is 99.8 Å². The lowest BCUT2D eigenvalue weighted by Gasteiger charge is -2.72. The average Bonchev–Trinajstić information content (AvgIpc) is 2.74. The van der Waals surface area contributed by atoms with Gasteiger partial charge in [0.25, 0.3) is 0 Å². The zero-order chi connectivity index (χ0) is 25.1. The van der Waals surface area contributed by atoms with E-state index in [1.807, 2.05) is 0 Å². The molecule has 0 bridgehead atoms. The zero-order valence-electron chi connectivity index (χ0n) is 22.7. The maximum atomic E-state index is 12.0. The summed E-state index contributed by atoms with van der Waals surface area (Å²) in [6.45, 7) is 16.2. The number of hydrogen-bond acceptors (Lipinski definition) is 4. The Hall–Kier alpha value is -0.420. The third kappa shape index (κ3) is 2.86. The normalized spacial score (nSPS) is 58.6. The number of fused-ring (bicyclic) bond motifs is 7. The SMILES string of the molecule is CC1(C)CC(O)C2(C)CC(O)C3(C)C(=CCC4C5(C)CCC(O)C(C)(CO)C5CCC43C)C2C1. The largest absolute Gasteiger partial charge is 0.396 e. The Morgan fingerprint density at radius 1 is 0.765 bits per heavy atom. The lowest BCUT2D eigenvalue weighted by atomic mass is 9.33. The summed E-state index contributed by atoms with van der Waals surface area (Å²) in [5.41, 5.74) is 0.455. The van der Waals surface area contributed by atoms with Crippen molar-refractivity contribution in [2.24, 2.45) is 50.2 Å². The fraction of sp³-hybridized carbons (Fsp3) is 0.933. The molecule has 5 rings (SSSR count). The van der Waals surface area contributed by atoms with Crippen LogP contribution in [0, 0.1) is 50.2 Å². The standard InChI is InChI=1S/C30H50O4/c1-25(2)14-19-18-8-9-21-26(3)12-11-22(32)28(5,17-31)20(26)10-13-29(21,6)30(18,7)24(34)16-27(19,4)23(33)15-25/h8,19-24,31-34H,9-17H2,1-7H3. The summed E-state index contributed by atoms with van der Waals surface area (Å²) in [6, 6.07) is 0. The van der Waals surface area contributed by atoms with E-state index in [0.717, 1.165) is 44.9 Å². The third-order valence-electron chi connectivity index (χ3n) is 13.3. The molecule has 0 saturated heterocycles. The van der Waals surface area contributed by atoms with Crippen LogP contribution in [0.3, 0.4) is 0 Å². The molecule has 4 nitrogen and oxygen atoms in total. The Bertz CT molecular complexity index is 881. The number of hydrogen-bond donors (Lipinski definition) is 4. The van der Waals surface area contributed by atoms with Gasteiger partial charge in [-0.1, -0.05) is 60.1 Å². The first kappa shape index (κ1) is 25.2. The Morgan fingerprint density at radius 3 is 2.09 bits per heavy atom. The Balaban J connectivity index is 1.62. The number of aliphatic hydroxyl groups is 4. The van der Waals surface area contributed by atoms with Crippen LogP contribution in [0.25, 0.3) is 0 Å². The molecule has 34 heavy (non-hydrogen) atoms. The number of aliphatic hydroxyl groups excluding tert-OH is 4. The van der Waals surface area contributed by atoms with E-state index in [2.05, 4.69) is 54.5 Å². The van der Waals surface area contributed by atoms with Gasteiger partial charge < -0.3 is 20.4 Å². The van der Waals surface area contributed by atoms with E-state index in [0.29, 0.717) is 18.3 Å². The minimum Gasteiger partial charge on any atom is -0.396 e. The van der Waals surface area contributed by atoms with Gasteiger partial charge in [-0.3, -0.25) is 0 Å². The van der Waals surface area contributed by atoms with Crippen molar-refractivity contribution in [3.05, 3.63) is 11.6 Å². The summed E-state index contributed by atoms with van der Waals surface area (Å²) >= 11 is 0. The van der Waals surface area contributed by atoms with Crippen LogP contribution >= 0.6 is 0 Å². The summed E-state index contributed by atoms with van der Waals surface area (Å²) in [7, 11) is 0. The van der Waals surface area contributed by atoms with Crippen LogP contribution in [0.15, 0.2) is 11.6 Å². The fourth-order valence-corrected chi connectivity index (χ4v) is 10.8. The first-order chi connectivity index (χ1) is 15.6. The Morgan fingerprint density at radius 2 is 1.44 bits per heavy atom. The molecule has 0 radical (unpaired) electrons. The van der Waals surface area contributed by atoms with Crippen LogP contribution in [-0.2, 0) is 0 Å². The van der Waals surface area contributed by atoms with Gasteiger partial charge in [-0.2, -0.15) is 0 Å². The molecule has 4 saturated carbocycles. The van der Waals surface area contributed by atoms with Crippen LogP contribution in [0.5, 0.6) is 0 Å². The van der Waals surface area contributed by atoms with Crippen LogP contribution < -0.4 is 0 Å². The zero-order valence-corrected chi connectivity index (χ0v) is 22.7. The van der Waals surface area contributed by atoms with Gasteiger partial charge in [-0.25, -0.2) is 0 Å². The molecule has 11 atom stereocenters. The first-order valence-corrected chi connectivity index (χ1v) is 14.0. The summed E-state index contributed by atoms with van der Waals surface area (Å²) in [4.78, 5) is 0. The molecule has 0 aromatic heterocycles. The predicted molar refractivity (Wildman–Crippen MR) is 135 cm³/mol. The predicted octanol–water partition coefficient (Wildman–Crippen LogP) is 5.08. The maximum Gasteiger partial charge on any atom is 0.0642 e. The summed E-state index contributed by atoms with van der Waals surface area (Å²) in [5.74, 6) is 0.997. The highest BCUT2D eigenvalue weighted by Gasteiger charge is 2.71. The second-order valence-corrected chi connectivity index (χ2v) is 15.2. The van der Waals surface area contributed by atoms with E-state index < -0.39 is 17.6 Å². The Kier molecular flexibility index (Phi) is 5.44. The molecule has 4 heteroatoms. The minimum absolute atomic E-state index is 0.0283. The second kappa shape index (κ2) is 7.33. The van der Waals surface area contributed by atoms with Crippen molar-refractivity contribution < 1.29 is 20.4 Å². The lowest BCUT2D eigenvalue weighted by Crippen LogP contribution is -2.69. The molecule has 0 amide bonds. The average molecular weight is 475 g/mol. The van der Waals surface area contributed by atoms with E-state index in [1.165, 1.54) is 5.57 Å². The lowest BCUT2D eigenvalue weighted by molar-refractivity contribution is -0.237. The molecule has 0 aromatic rings. The van der Waals surface area contributed by atoms with Gasteiger partial charge in [-0.05, 0) is 85.4 Å². The van der Waals surface area contributed by atoms with Crippen LogP contribution in [0.4, 0.5) is 0 Å². The molecular weight excluding hydrogens is 424 g/mol. The van der Waals surface area contributed by atoms with Crippen molar-refractivity contribution >= 4 is 0 Å². The highest BCUT2D eigenvalue weighted by Crippen LogP contribution is 2.75. The van der Waals surface area contributed by atoms with E-state index >= 15 is 0 Å². The van der Waals surface area contributed by atoms with Gasteiger partial charge in [-0.15, -0.1) is 0 Å². The van der Waals surface area contributed by atoms with Crippen molar-refractivity contribution in [3.8, 4) is 0 Å². The summed E-state index contributed by atoms with van der Waals surface area (Å²) < 4.78 is 0. The summed E-state index contributed by atoms with van der Waals surface area (Å²) in [6.07, 6.45) is 8.46. The van der Waals surface area contributed by atoms with Crippen molar-refractivity contribution in [3.63, 3.8) is 0 Å². The van der Waals surface area contributed by atoms with Crippen LogP contribution in [-0.4, -0.2) is 45.3 Å². The molecule has 194 valence electrons. The first-order valence-electron chi connectivity index (χ1n) is 14.0. The maximum absolute atomic E-state index is 12.0. The van der Waals surface area contributed by atoms with Gasteiger partial charge in [0.2, 0.25) is 0 Å². The van der Waals surface area contributed by atoms with Gasteiger partial charge in [0, 0.05) is 16.2 Å². The van der Waals surface area contributed by atoms with E-state index in [-0.39, 0.29) is 45.7 Å². The van der Waals surface area contributed by atoms with Gasteiger partial charge >= 0.3 is 0 Å². The van der Waals surface area contributed by atoms with E-state index in [9.17, 15) is 20.4 Å². The van der Waals surface area contributed by atoms with E-state index in [4.69, 9.17) is 0 Å². The Labute approximate surface area is 207 Å². The van der Waals surface area contributed by atoms with Gasteiger partial charge in [0.1, 0.15) is 0 Å². The molecule has 4 fully saturated rings.